The predicted octanol–water partition coefficient (Wildman–Crippen LogP) is 2.63. The number of fused-ring (bicyclic) bond motifs is 2. The van der Waals surface area contributed by atoms with Crippen LogP contribution in [0, 0.1) is 0 Å². The molecule has 1 amide bonds. The Morgan fingerprint density at radius 2 is 2.11 bits per heavy atom. The fourth-order valence-corrected chi connectivity index (χ4v) is 3.02. The van der Waals surface area contributed by atoms with Gasteiger partial charge in [0.05, 0.1) is 16.6 Å². The largest absolute Gasteiger partial charge is 0.444 e. The molecule has 138 valence electrons. The number of aromatic nitrogens is 4. The molecule has 4 rings (SSSR count). The number of anilines is 2. The van der Waals surface area contributed by atoms with Crippen LogP contribution >= 0.6 is 11.6 Å². The van der Waals surface area contributed by atoms with Gasteiger partial charge in [0.15, 0.2) is 0 Å². The first kappa shape index (κ1) is 17.2. The lowest BCUT2D eigenvalue weighted by Gasteiger charge is -2.24. The molecule has 0 bridgehead atoms. The Labute approximate surface area is 158 Å². The molecule has 1 aliphatic rings. The minimum Gasteiger partial charge on any atom is -0.444 e. The summed E-state index contributed by atoms with van der Waals surface area (Å²) in [5, 5.41) is 4.29. The monoisotopic (exact) mass is 386 g/mol. The quantitative estimate of drug-likeness (QED) is 0.711. The van der Waals surface area contributed by atoms with Crippen LogP contribution in [0.4, 0.5) is 16.6 Å². The molecule has 0 aliphatic carbocycles. The normalized spacial score (nSPS) is 14.6. The van der Waals surface area contributed by atoms with E-state index in [0.29, 0.717) is 33.6 Å². The molecule has 0 saturated heterocycles. The number of rotatable bonds is 3. The Bertz CT molecular complexity index is 1120. The van der Waals surface area contributed by atoms with Crippen molar-refractivity contribution in [2.24, 2.45) is 0 Å². The lowest BCUT2D eigenvalue weighted by molar-refractivity contribution is 0.143. The number of hydrogen-bond donors (Lipinski definition) is 2. The second-order valence-electron chi connectivity index (χ2n) is 6.17. The Morgan fingerprint density at radius 1 is 1.30 bits per heavy atom. The number of aromatic amines is 1. The molecule has 4 heterocycles. The number of carbonyl (C=O) groups excluding carboxylic acids is 1. The number of H-pyrrole nitrogens is 1. The molecule has 10 heteroatoms. The van der Waals surface area contributed by atoms with Crippen molar-refractivity contribution in [1.82, 2.24) is 19.9 Å². The van der Waals surface area contributed by atoms with Gasteiger partial charge in [-0.3, -0.25) is 9.69 Å². The third-order valence-corrected chi connectivity index (χ3v) is 4.49. The van der Waals surface area contributed by atoms with Gasteiger partial charge in [0.25, 0.3) is 5.56 Å². The van der Waals surface area contributed by atoms with Gasteiger partial charge in [-0.25, -0.2) is 14.8 Å². The molecule has 1 aliphatic heterocycles. The van der Waals surface area contributed by atoms with Crippen LogP contribution in [-0.4, -0.2) is 33.1 Å². The molecule has 0 spiro atoms. The van der Waals surface area contributed by atoms with E-state index in [9.17, 15) is 9.59 Å². The van der Waals surface area contributed by atoms with Crippen molar-refractivity contribution >= 4 is 40.5 Å². The number of hydrogen-bond acceptors (Lipinski definition) is 7. The highest BCUT2D eigenvalue weighted by Crippen LogP contribution is 2.25. The molecule has 1 atom stereocenters. The van der Waals surface area contributed by atoms with Crippen molar-refractivity contribution in [2.45, 2.75) is 19.6 Å². The first-order valence-electron chi connectivity index (χ1n) is 8.14. The van der Waals surface area contributed by atoms with Crippen LogP contribution in [0.1, 0.15) is 24.1 Å². The van der Waals surface area contributed by atoms with Crippen molar-refractivity contribution in [3.05, 3.63) is 51.0 Å². The maximum atomic E-state index is 12.4. The smallest absolute Gasteiger partial charge is 0.415 e. The second-order valence-corrected chi connectivity index (χ2v) is 6.60. The van der Waals surface area contributed by atoms with Crippen molar-refractivity contribution in [1.29, 1.82) is 0 Å². The molecule has 2 N–H and O–H groups in total. The summed E-state index contributed by atoms with van der Waals surface area (Å²) < 4.78 is 5.00. The summed E-state index contributed by atoms with van der Waals surface area (Å²) >= 11 is 5.98. The van der Waals surface area contributed by atoms with Crippen molar-refractivity contribution < 1.29 is 9.53 Å². The fraction of sp³-hybridized carbons (Fsp3) is 0.235. The van der Waals surface area contributed by atoms with E-state index in [0.717, 1.165) is 5.39 Å². The number of pyridine rings is 2. The van der Waals surface area contributed by atoms with E-state index >= 15 is 0 Å². The molecule has 0 fully saturated rings. The molecule has 9 nitrogen and oxygen atoms in total. The summed E-state index contributed by atoms with van der Waals surface area (Å²) in [5.74, 6) is 0.769. The van der Waals surface area contributed by atoms with Gasteiger partial charge < -0.3 is 15.0 Å². The van der Waals surface area contributed by atoms with Crippen molar-refractivity contribution in [2.75, 3.05) is 17.3 Å². The first-order chi connectivity index (χ1) is 12.9. The zero-order valence-corrected chi connectivity index (χ0v) is 15.2. The summed E-state index contributed by atoms with van der Waals surface area (Å²) in [5.41, 5.74) is 1.39. The number of halogens is 1. The van der Waals surface area contributed by atoms with Crippen molar-refractivity contribution in [3.8, 4) is 0 Å². The van der Waals surface area contributed by atoms with Gasteiger partial charge in [0.1, 0.15) is 18.1 Å². The molecule has 3 aromatic rings. The van der Waals surface area contributed by atoms with Gasteiger partial charge in [-0.1, -0.05) is 11.6 Å². The molecular weight excluding hydrogens is 372 g/mol. The summed E-state index contributed by atoms with van der Waals surface area (Å²) in [4.78, 5) is 40.8. The van der Waals surface area contributed by atoms with E-state index in [4.69, 9.17) is 16.3 Å². The van der Waals surface area contributed by atoms with Gasteiger partial charge in [-0.05, 0) is 19.1 Å². The van der Waals surface area contributed by atoms with Crippen LogP contribution in [0.3, 0.4) is 0 Å². The number of amides is 1. The third-order valence-electron chi connectivity index (χ3n) is 4.29. The lowest BCUT2D eigenvalue weighted by Crippen LogP contribution is -2.33. The number of cyclic esters (lactones) is 1. The zero-order valence-electron chi connectivity index (χ0n) is 14.5. The zero-order chi connectivity index (χ0) is 19.1. The van der Waals surface area contributed by atoms with Gasteiger partial charge in [0, 0.05) is 30.4 Å². The number of nitrogens with one attached hydrogen (secondary N) is 2. The van der Waals surface area contributed by atoms with Gasteiger partial charge in [0.2, 0.25) is 5.95 Å². The Morgan fingerprint density at radius 3 is 2.93 bits per heavy atom. The molecule has 0 aromatic carbocycles. The first-order valence-corrected chi connectivity index (χ1v) is 8.51. The minimum absolute atomic E-state index is 0.131. The van der Waals surface area contributed by atoms with Crippen LogP contribution in [0.15, 0.2) is 29.3 Å². The number of ether oxygens (including phenoxy) is 1. The van der Waals surface area contributed by atoms with Crippen LogP contribution in [0.25, 0.3) is 11.0 Å². The Hall–Kier alpha value is -3.20. The van der Waals surface area contributed by atoms with Crippen LogP contribution < -0.4 is 15.8 Å². The Kier molecular flexibility index (Phi) is 4.15. The second kappa shape index (κ2) is 6.51. The predicted molar refractivity (Wildman–Crippen MR) is 100 cm³/mol. The van der Waals surface area contributed by atoms with Crippen molar-refractivity contribution in [3.63, 3.8) is 0 Å². The highest BCUT2D eigenvalue weighted by atomic mass is 35.5. The summed E-state index contributed by atoms with van der Waals surface area (Å²) in [6, 6.07) is 3.06. The maximum absolute atomic E-state index is 12.4. The number of nitrogens with zero attached hydrogens (tertiary/aromatic N) is 4. The third kappa shape index (κ3) is 3.17. The van der Waals surface area contributed by atoms with Crippen LogP contribution in [0.5, 0.6) is 0 Å². The maximum Gasteiger partial charge on any atom is 0.415 e. The molecule has 1 unspecified atom stereocenters. The molecule has 3 aromatic heterocycles. The summed E-state index contributed by atoms with van der Waals surface area (Å²) in [6.45, 7) is 1.95. The lowest BCUT2D eigenvalue weighted by atomic mass is 10.1. The van der Waals surface area contributed by atoms with E-state index in [1.165, 1.54) is 11.1 Å². The summed E-state index contributed by atoms with van der Waals surface area (Å²) in [7, 11) is 1.57. The highest BCUT2D eigenvalue weighted by Gasteiger charge is 2.25. The molecule has 0 saturated carbocycles. The van der Waals surface area contributed by atoms with E-state index in [1.54, 1.807) is 25.4 Å². The molecule has 0 radical (unpaired) electrons. The van der Waals surface area contributed by atoms with E-state index in [2.05, 4.69) is 25.3 Å². The van der Waals surface area contributed by atoms with E-state index < -0.39 is 12.1 Å². The Balaban J connectivity index is 1.65. The van der Waals surface area contributed by atoms with E-state index in [-0.39, 0.29) is 12.2 Å². The van der Waals surface area contributed by atoms with Gasteiger partial charge >= 0.3 is 6.09 Å². The average molecular weight is 387 g/mol. The highest BCUT2D eigenvalue weighted by molar-refractivity contribution is 6.31. The van der Waals surface area contributed by atoms with Gasteiger partial charge in [-0.2, -0.15) is 4.98 Å². The fourth-order valence-electron chi connectivity index (χ4n) is 2.86. The molecular formula is C17H15ClN6O3. The number of carbonyl (C=O) groups is 1. The summed E-state index contributed by atoms with van der Waals surface area (Å²) in [6.07, 6.45) is 2.59. The SMILES string of the molecule is CC(Nc1ncc2c(n1)N(C)C(=O)OC2)c1cc2cc(Cl)cnc2[nH]c1=O. The average Bonchev–Trinajstić information content (AvgIpc) is 2.65. The van der Waals surface area contributed by atoms with E-state index in [1.807, 2.05) is 6.92 Å². The minimum atomic E-state index is -0.476. The topological polar surface area (TPSA) is 113 Å². The van der Waals surface area contributed by atoms with Crippen LogP contribution in [-0.2, 0) is 11.3 Å². The standard InChI is InChI=1S/C17H15ClN6O3/c1-8(12-4-9-3-11(18)6-19-13(9)22-15(12)25)21-16-20-5-10-7-27-17(26)24(2)14(10)23-16/h3-6,8H,7H2,1-2H3,(H,19,22,25)(H,20,21,23). The molecule has 27 heavy (non-hydrogen) atoms. The van der Waals surface area contributed by atoms with Crippen LogP contribution in [0.2, 0.25) is 5.02 Å². The van der Waals surface area contributed by atoms with Gasteiger partial charge in [-0.15, -0.1) is 0 Å².